The van der Waals surface area contributed by atoms with Crippen LogP contribution in [-0.4, -0.2) is 12.6 Å². The molecule has 0 aromatic carbocycles. The quantitative estimate of drug-likeness (QED) is 0.0653. The highest BCUT2D eigenvalue weighted by atomic mass is 16.5. The van der Waals surface area contributed by atoms with Crippen molar-refractivity contribution in [2.75, 3.05) is 6.61 Å². The first-order chi connectivity index (χ1) is 23.2. The van der Waals surface area contributed by atoms with E-state index in [-0.39, 0.29) is 5.97 Å². The van der Waals surface area contributed by atoms with E-state index < -0.39 is 0 Å². The van der Waals surface area contributed by atoms with Crippen molar-refractivity contribution in [3.8, 4) is 0 Å². The molecule has 0 aromatic rings. The second-order valence-electron chi connectivity index (χ2n) is 18.7. The first-order valence-electron chi connectivity index (χ1n) is 22.0. The van der Waals surface area contributed by atoms with Crippen molar-refractivity contribution in [3.05, 3.63) is 12.2 Å². The van der Waals surface area contributed by atoms with Gasteiger partial charge in [-0.2, -0.15) is 0 Å². The fraction of sp³-hybridized carbons (Fsp3) is 0.935. The molecule has 2 unspecified atom stereocenters. The summed E-state index contributed by atoms with van der Waals surface area (Å²) in [6, 6.07) is 0. The van der Waals surface area contributed by atoms with E-state index in [0.717, 1.165) is 48.3 Å². The standard InChI is InChI=1S/C46H82O2/c1-7-8-9-10-11-12-13-14-15-16-17-18-19-20-21-25-44(47)48-35-38(4)36(2)26-27-37(3)41-30-31-42-40-29-28-39-24-22-23-33-45(39,5)43(40)32-34-46(41,42)6/h14-15,36-43H,7-13,16-35H2,1-6H3/b15-14-/t36-,37+,38?,39?,40-,41+,42-,43-,45-,46+/m0/s1. The predicted octanol–water partition coefficient (Wildman–Crippen LogP) is 14.3. The summed E-state index contributed by atoms with van der Waals surface area (Å²) in [5.41, 5.74) is 1.23. The Hall–Kier alpha value is -0.790. The van der Waals surface area contributed by atoms with Gasteiger partial charge in [0.1, 0.15) is 0 Å². The molecular weight excluding hydrogens is 585 g/mol. The van der Waals surface area contributed by atoms with Gasteiger partial charge in [0.15, 0.2) is 0 Å². The molecule has 0 radical (unpaired) electrons. The SMILES string of the molecule is CCCCCCCC/C=C\CCCCCCCC(=O)OCC(C)[C@@H](C)CC[C@@H](C)[C@H]1CC[C@H]2[C@@H]3CCC4CCCC[C@]4(C)[C@H]3CC[C@]12C. The minimum atomic E-state index is 0.0247. The molecule has 4 fully saturated rings. The van der Waals surface area contributed by atoms with Crippen molar-refractivity contribution in [2.45, 2.75) is 208 Å². The second kappa shape index (κ2) is 20.3. The van der Waals surface area contributed by atoms with Crippen molar-refractivity contribution >= 4 is 5.97 Å². The Morgan fingerprint density at radius 3 is 2.08 bits per heavy atom. The Bertz CT molecular complexity index is 938. The number of hydrogen-bond donors (Lipinski definition) is 0. The van der Waals surface area contributed by atoms with E-state index in [1.807, 2.05) is 0 Å². The summed E-state index contributed by atoms with van der Waals surface area (Å²) in [5.74, 6) is 6.86. The normalized spacial score (nSPS) is 33.5. The summed E-state index contributed by atoms with van der Waals surface area (Å²) in [5, 5.41) is 0. The molecule has 0 aromatic heterocycles. The van der Waals surface area contributed by atoms with Crippen molar-refractivity contribution in [1.82, 2.24) is 0 Å². The van der Waals surface area contributed by atoms with Crippen LogP contribution in [0.3, 0.4) is 0 Å². The number of esters is 1. The summed E-state index contributed by atoms with van der Waals surface area (Å²) in [6.45, 7) is 15.7. The van der Waals surface area contributed by atoms with Gasteiger partial charge in [0, 0.05) is 6.42 Å². The summed E-state index contributed by atoms with van der Waals surface area (Å²) >= 11 is 0. The highest BCUT2D eigenvalue weighted by Crippen LogP contribution is 2.68. The maximum Gasteiger partial charge on any atom is 0.305 e. The van der Waals surface area contributed by atoms with Crippen LogP contribution in [0.2, 0.25) is 0 Å². The van der Waals surface area contributed by atoms with Crippen LogP contribution in [0, 0.1) is 58.2 Å². The number of hydrogen-bond acceptors (Lipinski definition) is 2. The number of allylic oxidation sites excluding steroid dienone is 2. The molecule has 10 atom stereocenters. The van der Waals surface area contributed by atoms with Gasteiger partial charge < -0.3 is 4.74 Å². The van der Waals surface area contributed by atoms with Crippen LogP contribution in [0.15, 0.2) is 12.2 Å². The lowest BCUT2D eigenvalue weighted by molar-refractivity contribution is -0.145. The molecule has 2 nitrogen and oxygen atoms in total. The average Bonchev–Trinajstić information content (AvgIpc) is 3.44. The maximum absolute atomic E-state index is 12.5. The van der Waals surface area contributed by atoms with E-state index in [9.17, 15) is 4.79 Å². The van der Waals surface area contributed by atoms with Gasteiger partial charge in [-0.05, 0) is 142 Å². The molecule has 4 rings (SSSR count). The van der Waals surface area contributed by atoms with Crippen molar-refractivity contribution in [3.63, 3.8) is 0 Å². The molecule has 0 saturated heterocycles. The molecule has 0 heterocycles. The maximum atomic E-state index is 12.5. The lowest BCUT2D eigenvalue weighted by Crippen LogP contribution is -2.53. The lowest BCUT2D eigenvalue weighted by atomic mass is 9.44. The van der Waals surface area contributed by atoms with Gasteiger partial charge in [0.05, 0.1) is 6.61 Å². The Morgan fingerprint density at radius 1 is 0.688 bits per heavy atom. The fourth-order valence-electron chi connectivity index (χ4n) is 12.1. The van der Waals surface area contributed by atoms with E-state index in [0.29, 0.717) is 35.7 Å². The molecule has 4 aliphatic carbocycles. The molecule has 0 bridgehead atoms. The predicted molar refractivity (Wildman–Crippen MR) is 207 cm³/mol. The molecule has 2 heteroatoms. The molecule has 278 valence electrons. The summed E-state index contributed by atoms with van der Waals surface area (Å²) in [4.78, 5) is 12.5. The van der Waals surface area contributed by atoms with Gasteiger partial charge >= 0.3 is 5.97 Å². The summed E-state index contributed by atoms with van der Waals surface area (Å²) < 4.78 is 5.79. The molecule has 0 N–H and O–H groups in total. The number of rotatable bonds is 22. The highest BCUT2D eigenvalue weighted by molar-refractivity contribution is 5.69. The molecule has 48 heavy (non-hydrogen) atoms. The number of carbonyl (C=O) groups excluding carboxylic acids is 1. The third kappa shape index (κ3) is 10.9. The van der Waals surface area contributed by atoms with Crippen LogP contribution in [0.1, 0.15) is 208 Å². The topological polar surface area (TPSA) is 26.3 Å². The van der Waals surface area contributed by atoms with Crippen LogP contribution < -0.4 is 0 Å². The smallest absolute Gasteiger partial charge is 0.305 e. The van der Waals surface area contributed by atoms with Crippen LogP contribution in [0.5, 0.6) is 0 Å². The van der Waals surface area contributed by atoms with Gasteiger partial charge in [-0.15, -0.1) is 0 Å². The molecule has 0 amide bonds. The van der Waals surface area contributed by atoms with Crippen molar-refractivity contribution in [2.24, 2.45) is 58.2 Å². The average molecular weight is 667 g/mol. The molecule has 4 saturated carbocycles. The lowest BCUT2D eigenvalue weighted by Gasteiger charge is -2.61. The van der Waals surface area contributed by atoms with E-state index in [4.69, 9.17) is 4.74 Å². The zero-order chi connectivity index (χ0) is 34.4. The minimum Gasteiger partial charge on any atom is -0.465 e. The largest absolute Gasteiger partial charge is 0.465 e. The van der Waals surface area contributed by atoms with Gasteiger partial charge in [-0.1, -0.05) is 131 Å². The number of ether oxygens (including phenoxy) is 1. The highest BCUT2D eigenvalue weighted by Gasteiger charge is 2.60. The monoisotopic (exact) mass is 667 g/mol. The van der Waals surface area contributed by atoms with Crippen LogP contribution in [-0.2, 0) is 9.53 Å². The molecule has 4 aliphatic rings. The third-order valence-electron chi connectivity index (χ3n) is 15.5. The van der Waals surface area contributed by atoms with Gasteiger partial charge in [-0.25, -0.2) is 0 Å². The molecule has 0 aliphatic heterocycles. The Balaban J connectivity index is 1.04. The Kier molecular flexibility index (Phi) is 16.9. The fourth-order valence-corrected chi connectivity index (χ4v) is 12.1. The Labute approximate surface area is 300 Å². The van der Waals surface area contributed by atoms with Crippen LogP contribution in [0.4, 0.5) is 0 Å². The zero-order valence-electron chi connectivity index (χ0n) is 33.2. The van der Waals surface area contributed by atoms with Crippen molar-refractivity contribution < 1.29 is 9.53 Å². The summed E-state index contributed by atoms with van der Waals surface area (Å²) in [6.07, 6.45) is 39.8. The van der Waals surface area contributed by atoms with E-state index in [2.05, 4.69) is 53.7 Å². The van der Waals surface area contributed by atoms with Crippen molar-refractivity contribution in [1.29, 1.82) is 0 Å². The number of fused-ring (bicyclic) bond motifs is 5. The van der Waals surface area contributed by atoms with Crippen LogP contribution in [0.25, 0.3) is 0 Å². The van der Waals surface area contributed by atoms with E-state index in [1.54, 1.807) is 0 Å². The minimum absolute atomic E-state index is 0.0247. The van der Waals surface area contributed by atoms with E-state index in [1.165, 1.54) is 148 Å². The van der Waals surface area contributed by atoms with Gasteiger partial charge in [0.2, 0.25) is 0 Å². The second-order valence-corrected chi connectivity index (χ2v) is 18.7. The first-order valence-corrected chi connectivity index (χ1v) is 22.0. The first kappa shape index (κ1) is 40.0. The zero-order valence-corrected chi connectivity index (χ0v) is 33.2. The Morgan fingerprint density at radius 2 is 1.35 bits per heavy atom. The molecule has 0 spiro atoms. The third-order valence-corrected chi connectivity index (χ3v) is 15.5. The molecular formula is C46H82O2. The van der Waals surface area contributed by atoms with Gasteiger partial charge in [0.25, 0.3) is 0 Å². The van der Waals surface area contributed by atoms with Gasteiger partial charge in [-0.3, -0.25) is 4.79 Å². The van der Waals surface area contributed by atoms with Crippen LogP contribution >= 0.6 is 0 Å². The number of carbonyl (C=O) groups is 1. The number of unbranched alkanes of at least 4 members (excludes halogenated alkanes) is 11. The summed E-state index contributed by atoms with van der Waals surface area (Å²) in [7, 11) is 0. The van der Waals surface area contributed by atoms with E-state index >= 15 is 0 Å².